The number of aromatic amines is 1. The van der Waals surface area contributed by atoms with Crippen LogP contribution in [0.15, 0.2) is 30.5 Å². The average Bonchev–Trinajstić information content (AvgIpc) is 2.84. The standard InChI is InChI=1S/C16H16N2O2/c1-18-8-10(16(19)20)5-12-11-3-2-4-13-15(11)9(7-17-13)6-14(12)18/h2-5,7,10,14,17H,6,8H2,1H3,(H,19,20)/t10-,14?/m1/s1. The van der Waals surface area contributed by atoms with Crippen LogP contribution in [-0.2, 0) is 11.2 Å². The van der Waals surface area contributed by atoms with Crippen molar-refractivity contribution in [3.8, 4) is 0 Å². The van der Waals surface area contributed by atoms with Crippen molar-refractivity contribution in [2.75, 3.05) is 13.6 Å². The van der Waals surface area contributed by atoms with Crippen LogP contribution in [-0.4, -0.2) is 40.6 Å². The highest BCUT2D eigenvalue weighted by atomic mass is 16.4. The number of carboxylic acids is 1. The van der Waals surface area contributed by atoms with E-state index in [0.29, 0.717) is 12.6 Å². The Morgan fingerprint density at radius 1 is 1.45 bits per heavy atom. The number of aromatic nitrogens is 1. The fraction of sp³-hybridized carbons (Fsp3) is 0.312. The van der Waals surface area contributed by atoms with Crippen LogP contribution >= 0.6 is 0 Å². The predicted octanol–water partition coefficient (Wildman–Crippen LogP) is 2.12. The first-order valence-corrected chi connectivity index (χ1v) is 6.89. The van der Waals surface area contributed by atoms with E-state index in [1.165, 1.54) is 22.1 Å². The normalized spacial score (nSPS) is 25.4. The summed E-state index contributed by atoms with van der Waals surface area (Å²) in [6, 6.07) is 6.51. The first-order valence-electron chi connectivity index (χ1n) is 6.89. The van der Waals surface area contributed by atoms with Crippen molar-refractivity contribution in [2.24, 2.45) is 5.92 Å². The van der Waals surface area contributed by atoms with E-state index in [2.05, 4.69) is 28.2 Å². The molecular weight excluding hydrogens is 252 g/mol. The summed E-state index contributed by atoms with van der Waals surface area (Å²) in [5, 5.41) is 10.6. The Morgan fingerprint density at radius 2 is 2.30 bits per heavy atom. The van der Waals surface area contributed by atoms with Gasteiger partial charge >= 0.3 is 5.97 Å². The lowest BCUT2D eigenvalue weighted by Gasteiger charge is -2.38. The number of aliphatic carboxylic acids is 1. The van der Waals surface area contributed by atoms with Gasteiger partial charge in [-0.1, -0.05) is 18.2 Å². The molecule has 0 amide bonds. The second-order valence-corrected chi connectivity index (χ2v) is 5.77. The lowest BCUT2D eigenvalue weighted by molar-refractivity contribution is -0.140. The molecule has 0 fully saturated rings. The number of nitrogens with one attached hydrogen (secondary N) is 1. The molecule has 2 N–H and O–H groups in total. The van der Waals surface area contributed by atoms with E-state index >= 15 is 0 Å². The van der Waals surface area contributed by atoms with Crippen LogP contribution in [0.25, 0.3) is 16.5 Å². The Hall–Kier alpha value is -2.07. The zero-order valence-corrected chi connectivity index (χ0v) is 11.3. The molecule has 20 heavy (non-hydrogen) atoms. The summed E-state index contributed by atoms with van der Waals surface area (Å²) in [5.74, 6) is -1.16. The van der Waals surface area contributed by atoms with Gasteiger partial charge in [0.05, 0.1) is 5.92 Å². The molecule has 1 aromatic heterocycles. The lowest BCUT2D eigenvalue weighted by Crippen LogP contribution is -2.44. The van der Waals surface area contributed by atoms with Crippen molar-refractivity contribution < 1.29 is 9.90 Å². The number of hydrogen-bond donors (Lipinski definition) is 2. The molecule has 1 aromatic carbocycles. The minimum Gasteiger partial charge on any atom is -0.481 e. The summed E-state index contributed by atoms with van der Waals surface area (Å²) >= 11 is 0. The van der Waals surface area contributed by atoms with Crippen molar-refractivity contribution >= 4 is 22.4 Å². The summed E-state index contributed by atoms with van der Waals surface area (Å²) in [7, 11) is 2.02. The van der Waals surface area contributed by atoms with E-state index in [1.807, 2.05) is 19.2 Å². The molecule has 2 heterocycles. The van der Waals surface area contributed by atoms with Gasteiger partial charge in [0.15, 0.2) is 0 Å². The SMILES string of the molecule is CN1C[C@H](C(=O)O)C=C2c3cccc4[nH]cc(c34)CC21. The van der Waals surface area contributed by atoms with E-state index in [4.69, 9.17) is 0 Å². The van der Waals surface area contributed by atoms with Crippen molar-refractivity contribution in [3.63, 3.8) is 0 Å². The molecule has 1 aliphatic carbocycles. The van der Waals surface area contributed by atoms with E-state index in [1.54, 1.807) is 0 Å². The van der Waals surface area contributed by atoms with Crippen LogP contribution in [0.1, 0.15) is 11.1 Å². The first kappa shape index (κ1) is 11.7. The van der Waals surface area contributed by atoms with Gasteiger partial charge in [0.2, 0.25) is 0 Å². The van der Waals surface area contributed by atoms with Gasteiger partial charge in [-0.25, -0.2) is 0 Å². The molecule has 0 bridgehead atoms. The van der Waals surface area contributed by atoms with E-state index in [0.717, 1.165) is 11.9 Å². The Kier molecular flexibility index (Phi) is 2.32. The number of carboxylic acid groups (broad SMARTS) is 1. The first-order chi connectivity index (χ1) is 9.65. The largest absolute Gasteiger partial charge is 0.481 e. The Balaban J connectivity index is 1.96. The zero-order chi connectivity index (χ0) is 13.9. The molecule has 1 unspecified atom stereocenters. The Morgan fingerprint density at radius 3 is 3.10 bits per heavy atom. The fourth-order valence-corrected chi connectivity index (χ4v) is 3.61. The molecule has 0 saturated heterocycles. The van der Waals surface area contributed by atoms with Gasteiger partial charge in [0, 0.05) is 29.7 Å². The third kappa shape index (κ3) is 1.48. The van der Waals surface area contributed by atoms with E-state index in [9.17, 15) is 9.90 Å². The number of likely N-dealkylation sites (N-methyl/N-ethyl adjacent to an activating group) is 1. The Labute approximate surface area is 116 Å². The fourth-order valence-electron chi connectivity index (χ4n) is 3.61. The van der Waals surface area contributed by atoms with Crippen LogP contribution in [0, 0.1) is 5.92 Å². The quantitative estimate of drug-likeness (QED) is 0.833. The molecule has 0 radical (unpaired) electrons. The van der Waals surface area contributed by atoms with Crippen LogP contribution in [0.5, 0.6) is 0 Å². The van der Waals surface area contributed by atoms with Gasteiger partial charge in [-0.05, 0) is 36.2 Å². The molecule has 0 spiro atoms. The molecule has 4 rings (SSSR count). The smallest absolute Gasteiger partial charge is 0.311 e. The highest BCUT2D eigenvalue weighted by Gasteiger charge is 2.35. The van der Waals surface area contributed by atoms with Crippen LogP contribution in [0.3, 0.4) is 0 Å². The number of fused-ring (bicyclic) bond motifs is 2. The van der Waals surface area contributed by atoms with E-state index < -0.39 is 11.9 Å². The maximum absolute atomic E-state index is 11.3. The topological polar surface area (TPSA) is 56.3 Å². The second kappa shape index (κ2) is 3.96. The van der Waals surface area contributed by atoms with Gasteiger partial charge in [0.1, 0.15) is 0 Å². The van der Waals surface area contributed by atoms with Gasteiger partial charge in [-0.15, -0.1) is 0 Å². The molecule has 4 heteroatoms. The van der Waals surface area contributed by atoms with Crippen molar-refractivity contribution in [1.29, 1.82) is 0 Å². The number of rotatable bonds is 1. The summed E-state index contributed by atoms with van der Waals surface area (Å²) in [6.07, 6.45) is 4.99. The average molecular weight is 268 g/mol. The predicted molar refractivity (Wildman–Crippen MR) is 77.5 cm³/mol. The van der Waals surface area contributed by atoms with Crippen molar-refractivity contribution in [1.82, 2.24) is 9.88 Å². The van der Waals surface area contributed by atoms with Crippen molar-refractivity contribution in [2.45, 2.75) is 12.5 Å². The summed E-state index contributed by atoms with van der Waals surface area (Å²) in [6.45, 7) is 0.583. The van der Waals surface area contributed by atoms with Crippen LogP contribution in [0.2, 0.25) is 0 Å². The van der Waals surface area contributed by atoms with Crippen molar-refractivity contribution in [3.05, 3.63) is 41.6 Å². The molecule has 102 valence electrons. The molecule has 2 aromatic rings. The molecule has 2 atom stereocenters. The third-order valence-electron chi connectivity index (χ3n) is 4.59. The van der Waals surface area contributed by atoms with Crippen LogP contribution < -0.4 is 0 Å². The van der Waals surface area contributed by atoms with Crippen LogP contribution in [0.4, 0.5) is 0 Å². The van der Waals surface area contributed by atoms with Gasteiger partial charge in [0.25, 0.3) is 0 Å². The molecule has 1 aliphatic heterocycles. The number of hydrogen-bond acceptors (Lipinski definition) is 2. The second-order valence-electron chi connectivity index (χ2n) is 5.77. The highest BCUT2D eigenvalue weighted by Crippen LogP contribution is 2.40. The minimum atomic E-state index is -0.741. The summed E-state index contributed by atoms with van der Waals surface area (Å²) in [4.78, 5) is 16.8. The minimum absolute atomic E-state index is 0.291. The molecule has 2 aliphatic rings. The van der Waals surface area contributed by atoms with Gasteiger partial charge in [-0.3, -0.25) is 9.69 Å². The number of nitrogens with zero attached hydrogens (tertiary/aromatic N) is 1. The zero-order valence-electron chi connectivity index (χ0n) is 11.3. The molecule has 0 saturated carbocycles. The van der Waals surface area contributed by atoms with E-state index in [-0.39, 0.29) is 0 Å². The molecular formula is C16H16N2O2. The highest BCUT2D eigenvalue weighted by molar-refractivity contribution is 5.99. The monoisotopic (exact) mass is 268 g/mol. The number of carbonyl (C=O) groups is 1. The number of H-pyrrole nitrogens is 1. The summed E-state index contributed by atoms with van der Waals surface area (Å²) in [5.41, 5.74) is 4.83. The Bertz CT molecular complexity index is 744. The maximum atomic E-state index is 11.3. The number of benzene rings is 1. The van der Waals surface area contributed by atoms with Gasteiger partial charge in [-0.2, -0.15) is 0 Å². The maximum Gasteiger partial charge on any atom is 0.311 e. The summed E-state index contributed by atoms with van der Waals surface area (Å²) < 4.78 is 0. The third-order valence-corrected chi connectivity index (χ3v) is 4.59. The van der Waals surface area contributed by atoms with Gasteiger partial charge < -0.3 is 10.1 Å². The lowest BCUT2D eigenvalue weighted by atomic mass is 9.80. The molecule has 4 nitrogen and oxygen atoms in total.